The summed E-state index contributed by atoms with van der Waals surface area (Å²) < 4.78 is 13.3. The lowest BCUT2D eigenvalue weighted by Crippen LogP contribution is -2.37. The summed E-state index contributed by atoms with van der Waals surface area (Å²) >= 11 is 10.3. The van der Waals surface area contributed by atoms with Crippen LogP contribution in [-0.2, 0) is 13.2 Å². The Bertz CT molecular complexity index is 2460. The van der Waals surface area contributed by atoms with Gasteiger partial charge in [0.15, 0.2) is 0 Å². The van der Waals surface area contributed by atoms with Crippen molar-refractivity contribution in [2.24, 2.45) is 17.2 Å². The normalized spacial score (nSPS) is 20.3. The number of nitrogens with two attached hydrogens (primary N) is 3. The van der Waals surface area contributed by atoms with Crippen LogP contribution in [0.15, 0.2) is 126 Å². The first kappa shape index (κ1) is 51.6. The Kier molecular flexibility index (Phi) is 19.6. The summed E-state index contributed by atoms with van der Waals surface area (Å²) in [7, 11) is 2.20. The van der Waals surface area contributed by atoms with E-state index in [9.17, 15) is 19.5 Å². The van der Waals surface area contributed by atoms with Crippen LogP contribution in [0.3, 0.4) is 0 Å². The molecule has 4 aliphatic heterocycles. The van der Waals surface area contributed by atoms with E-state index in [0.717, 1.165) is 45.9 Å². The highest BCUT2D eigenvalue weighted by Gasteiger charge is 2.36. The zero-order chi connectivity index (χ0) is 47.3. The number of carbonyl (C=O) groups is 3. The Balaban J connectivity index is 0.000000161. The maximum absolute atomic E-state index is 12.0. The minimum absolute atomic E-state index is 0.0799. The zero-order valence-electron chi connectivity index (χ0n) is 36.6. The number of hydrogen-bond donors (Lipinski definition) is 5. The Morgan fingerprint density at radius 3 is 1.74 bits per heavy atom. The van der Waals surface area contributed by atoms with Gasteiger partial charge in [0.1, 0.15) is 30.4 Å². The van der Waals surface area contributed by atoms with Gasteiger partial charge in [0.25, 0.3) is 17.7 Å². The lowest BCUT2D eigenvalue weighted by atomic mass is 9.85. The first-order valence-electron chi connectivity index (χ1n) is 21.8. The molecule has 9 rings (SSSR count). The van der Waals surface area contributed by atoms with Crippen molar-refractivity contribution < 1.29 is 29.0 Å². The number of alkyl halides is 3. The summed E-state index contributed by atoms with van der Waals surface area (Å²) in [6.45, 7) is 0.807. The van der Waals surface area contributed by atoms with Crippen molar-refractivity contribution in [1.29, 1.82) is 0 Å². The highest BCUT2D eigenvalue weighted by molar-refractivity contribution is 14.3. The van der Waals surface area contributed by atoms with Crippen LogP contribution in [0.1, 0.15) is 104 Å². The molecule has 1 unspecified atom stereocenters. The van der Waals surface area contributed by atoms with E-state index in [2.05, 4.69) is 107 Å². The van der Waals surface area contributed by atoms with Crippen molar-refractivity contribution in [3.8, 4) is 17.2 Å². The van der Waals surface area contributed by atoms with E-state index in [1.54, 1.807) is 30.3 Å². The number of fused-ring (bicyclic) bond motifs is 4. The highest BCUT2D eigenvalue weighted by atomic mass is 127. The van der Waals surface area contributed by atoms with Crippen LogP contribution in [0, 0.1) is 0 Å². The predicted octanol–water partition coefficient (Wildman–Crippen LogP) is 10.8. The van der Waals surface area contributed by atoms with E-state index in [1.165, 1.54) is 31.3 Å². The second-order valence-corrected chi connectivity index (χ2v) is 28.3. The van der Waals surface area contributed by atoms with Gasteiger partial charge in [0, 0.05) is 29.7 Å². The van der Waals surface area contributed by atoms with Crippen LogP contribution in [0.4, 0.5) is 0 Å². The van der Waals surface area contributed by atoms with Crippen molar-refractivity contribution in [2.75, 3.05) is 7.05 Å². The number of primary amides is 3. The maximum atomic E-state index is 12.0. The van der Waals surface area contributed by atoms with E-state index in [1.807, 2.05) is 84.9 Å². The van der Waals surface area contributed by atoms with Crippen molar-refractivity contribution in [3.05, 3.63) is 165 Å². The lowest BCUT2D eigenvalue weighted by Gasteiger charge is -2.31. The van der Waals surface area contributed by atoms with Crippen LogP contribution in [0.25, 0.3) is 5.57 Å². The number of halogens is 4. The number of carbonyl (C=O) groups excluding carboxylic acids is 3. The van der Waals surface area contributed by atoms with Crippen LogP contribution < -0.4 is 32.0 Å². The minimum atomic E-state index is -0.564. The van der Waals surface area contributed by atoms with Gasteiger partial charge in [-0.1, -0.05) is 165 Å². The number of hydrogen-bond acceptors (Lipinski definition) is 8. The van der Waals surface area contributed by atoms with Crippen molar-refractivity contribution in [2.45, 2.75) is 88.2 Å². The SMILES string of the molecule is CN1[C@H]2CC[C@@H]1C=C(c1cccc(C(N)=O)c1OCc1ccccc1)C2.IC(I)I.NC(=O)c1cccc(Br)c1OCc1ccccc1.NC(=O)c1cccc(C2C[C@H]3CC[C@@H](C2)N3)c1O. The van der Waals surface area contributed by atoms with Crippen molar-refractivity contribution in [3.63, 3.8) is 0 Å². The van der Waals surface area contributed by atoms with E-state index in [-0.39, 0.29) is 11.3 Å². The first-order chi connectivity index (χ1) is 31.7. The topological polar surface area (TPSA) is 183 Å². The molecule has 66 heavy (non-hydrogen) atoms. The molecule has 0 aromatic heterocycles. The molecule has 11 nitrogen and oxygen atoms in total. The number of para-hydroxylation sites is 3. The van der Waals surface area contributed by atoms with Gasteiger partial charge < -0.3 is 37.1 Å². The van der Waals surface area contributed by atoms with Gasteiger partial charge in [-0.15, -0.1) is 0 Å². The maximum Gasteiger partial charge on any atom is 0.252 e. The fourth-order valence-electron chi connectivity index (χ4n) is 9.09. The van der Waals surface area contributed by atoms with Crippen molar-refractivity contribution in [1.82, 2.24) is 10.2 Å². The third kappa shape index (κ3) is 14.1. The number of ether oxygens (including phenoxy) is 2. The molecule has 0 saturated carbocycles. The lowest BCUT2D eigenvalue weighted by molar-refractivity contribution is 0.0987. The van der Waals surface area contributed by atoms with Gasteiger partial charge in [-0.25, -0.2) is 0 Å². The number of likely N-dealkylation sites (N-methyl/N-ethyl adjacent to an activating group) is 1. The highest BCUT2D eigenvalue weighted by Crippen LogP contribution is 2.43. The fraction of sp³-hybridized carbons (Fsp3) is 0.314. The summed E-state index contributed by atoms with van der Waals surface area (Å²) in [5.41, 5.74) is 22.5. The van der Waals surface area contributed by atoms with Crippen molar-refractivity contribution >= 4 is 107 Å². The first-order valence-corrected chi connectivity index (χ1v) is 26.3. The minimum Gasteiger partial charge on any atom is -0.507 e. The molecule has 5 aromatic carbocycles. The number of piperidine rings is 1. The van der Waals surface area contributed by atoms with E-state index in [0.29, 0.717) is 65.9 Å². The molecule has 0 aliphatic carbocycles. The van der Waals surface area contributed by atoms with Gasteiger partial charge in [0.2, 0.25) is 0 Å². The quantitative estimate of drug-likeness (QED) is 0.0639. The Morgan fingerprint density at radius 2 is 1.20 bits per heavy atom. The number of nitrogens with one attached hydrogen (secondary N) is 1. The molecule has 3 amide bonds. The molecular formula is C51H55BrI3N5O6. The second-order valence-electron chi connectivity index (χ2n) is 16.6. The number of rotatable bonds is 11. The van der Waals surface area contributed by atoms with Gasteiger partial charge in [-0.2, -0.15) is 0 Å². The molecule has 348 valence electrons. The Morgan fingerprint density at radius 1 is 0.697 bits per heavy atom. The van der Waals surface area contributed by atoms with Crippen LogP contribution in [-0.4, -0.2) is 58.9 Å². The molecule has 4 heterocycles. The molecular weight excluding hydrogens is 1240 g/mol. The molecule has 3 fully saturated rings. The smallest absolute Gasteiger partial charge is 0.252 e. The van der Waals surface area contributed by atoms with E-state index >= 15 is 0 Å². The third-order valence-electron chi connectivity index (χ3n) is 12.3. The molecule has 3 saturated heterocycles. The van der Waals surface area contributed by atoms with Gasteiger partial charge in [0.05, 0.1) is 21.2 Å². The Labute approximate surface area is 436 Å². The molecule has 15 heteroatoms. The summed E-state index contributed by atoms with van der Waals surface area (Å²) in [4.78, 5) is 37.0. The molecule has 5 atom stereocenters. The Hall–Kier alpha value is -3.76. The van der Waals surface area contributed by atoms with Crippen LogP contribution in [0.2, 0.25) is 0 Å². The van der Waals surface area contributed by atoms with Gasteiger partial charge in [-0.3, -0.25) is 19.3 Å². The molecule has 8 N–H and O–H groups in total. The number of amides is 3. The van der Waals surface area contributed by atoms with E-state index < -0.39 is 17.7 Å². The van der Waals surface area contributed by atoms with E-state index in [4.69, 9.17) is 26.7 Å². The summed E-state index contributed by atoms with van der Waals surface area (Å²) in [6.07, 6.45) is 10.2. The number of nitrogens with zero attached hydrogens (tertiary/aromatic N) is 1. The monoisotopic (exact) mass is 1290 g/mol. The molecule has 0 radical (unpaired) electrons. The largest absolute Gasteiger partial charge is 0.507 e. The van der Waals surface area contributed by atoms with Crippen LogP contribution in [0.5, 0.6) is 17.2 Å². The predicted molar refractivity (Wildman–Crippen MR) is 291 cm³/mol. The average molecular weight is 1290 g/mol. The number of benzene rings is 5. The second kappa shape index (κ2) is 25.0. The summed E-state index contributed by atoms with van der Waals surface area (Å²) in [5.74, 6) is -0.00992. The molecule has 4 bridgehead atoms. The molecule has 5 aromatic rings. The average Bonchev–Trinajstić information content (AvgIpc) is 3.72. The molecule has 4 aliphatic rings. The molecule has 0 spiro atoms. The third-order valence-corrected chi connectivity index (χ3v) is 12.9. The van der Waals surface area contributed by atoms with Gasteiger partial charge >= 0.3 is 0 Å². The summed E-state index contributed by atoms with van der Waals surface area (Å²) in [5, 5.41) is 13.8. The summed E-state index contributed by atoms with van der Waals surface area (Å²) in [6, 6.07) is 38.1. The number of phenols is 1. The standard InChI is InChI=1S/C22H24N2O2.C14H12BrNO2.C14H18N2O2.CHI3/c1-24-17-10-11-18(24)13-16(12-17)19-8-5-9-20(22(23)25)21(19)26-14-15-6-3-2-4-7-15;15-12-8-4-7-11(14(16)17)13(12)18-9-10-5-2-1-3-6-10;15-14(18)12-3-1-2-11(13(12)17)8-6-9-4-5-10(7-8)16-9;2-1(3)4/h2-9,12,17-18H,10-11,13-14H2,1H3,(H2,23,25);1-8H,9H2,(H2,16,17);1-3,8-10,16-17H,4-7H2,(H2,15,18);1H/t17-,18+;;8?,9-,10+;/m1.../s1. The van der Waals surface area contributed by atoms with Crippen LogP contribution >= 0.6 is 83.7 Å². The number of aromatic hydroxyl groups is 1. The zero-order valence-corrected chi connectivity index (χ0v) is 44.6. The van der Waals surface area contributed by atoms with Gasteiger partial charge in [-0.05, 0) is 120 Å². The fourth-order valence-corrected chi connectivity index (χ4v) is 9.57.